The second kappa shape index (κ2) is 5.73. The van der Waals surface area contributed by atoms with E-state index in [0.717, 1.165) is 23.7 Å². The van der Waals surface area contributed by atoms with Crippen LogP contribution in [0.25, 0.3) is 10.9 Å². The maximum atomic E-state index is 11.7. The van der Waals surface area contributed by atoms with Crippen LogP contribution < -0.4 is 0 Å². The maximum Gasteiger partial charge on any atom is 0.338 e. The number of nitrogens with one attached hydrogen (secondary N) is 1. The summed E-state index contributed by atoms with van der Waals surface area (Å²) in [6, 6.07) is 7.45. The van der Waals surface area contributed by atoms with Gasteiger partial charge in [-0.05, 0) is 36.4 Å². The molecule has 0 amide bonds. The van der Waals surface area contributed by atoms with E-state index >= 15 is 0 Å². The second-order valence-electron chi connectivity index (χ2n) is 3.81. The Bertz CT molecular complexity index is 507. The zero-order valence-electron chi connectivity index (χ0n) is 9.41. The largest absolute Gasteiger partial charge is 0.462 e. The predicted octanol–water partition coefficient (Wildman–Crippen LogP) is 3.34. The quantitative estimate of drug-likeness (QED) is 0.503. The molecule has 0 aliphatic heterocycles. The average molecular weight is 252 g/mol. The highest BCUT2D eigenvalue weighted by atomic mass is 35.5. The van der Waals surface area contributed by atoms with Gasteiger partial charge in [-0.2, -0.15) is 0 Å². The first-order chi connectivity index (χ1) is 8.31. The highest BCUT2D eigenvalue weighted by Crippen LogP contribution is 2.14. The van der Waals surface area contributed by atoms with Crippen molar-refractivity contribution in [3.63, 3.8) is 0 Å². The summed E-state index contributed by atoms with van der Waals surface area (Å²) < 4.78 is 5.14. The third-order valence-corrected chi connectivity index (χ3v) is 2.82. The van der Waals surface area contributed by atoms with E-state index < -0.39 is 0 Å². The number of aromatic nitrogens is 1. The van der Waals surface area contributed by atoms with Crippen molar-refractivity contribution in [2.45, 2.75) is 12.8 Å². The Morgan fingerprint density at radius 1 is 1.29 bits per heavy atom. The SMILES string of the molecule is O=C(OCCCCCl)c1ccc2cc[nH]c2c1. The van der Waals surface area contributed by atoms with Crippen LogP contribution in [0.2, 0.25) is 0 Å². The van der Waals surface area contributed by atoms with Crippen LogP contribution in [0.5, 0.6) is 0 Å². The van der Waals surface area contributed by atoms with Crippen molar-refractivity contribution in [1.29, 1.82) is 0 Å². The van der Waals surface area contributed by atoms with Crippen LogP contribution in [-0.2, 0) is 4.74 Å². The molecule has 0 saturated carbocycles. The number of benzene rings is 1. The second-order valence-corrected chi connectivity index (χ2v) is 4.19. The van der Waals surface area contributed by atoms with Gasteiger partial charge in [0.25, 0.3) is 0 Å². The molecule has 1 aromatic carbocycles. The smallest absolute Gasteiger partial charge is 0.338 e. The minimum absolute atomic E-state index is 0.281. The monoisotopic (exact) mass is 251 g/mol. The molecular formula is C13H14ClNO2. The Labute approximate surface area is 105 Å². The molecule has 0 bridgehead atoms. The number of esters is 1. The number of fused-ring (bicyclic) bond motifs is 1. The van der Waals surface area contributed by atoms with Gasteiger partial charge in [-0.3, -0.25) is 0 Å². The van der Waals surface area contributed by atoms with E-state index in [9.17, 15) is 4.79 Å². The van der Waals surface area contributed by atoms with Crippen molar-refractivity contribution >= 4 is 28.5 Å². The standard InChI is InChI=1S/C13H14ClNO2/c14-6-1-2-8-17-13(16)11-4-3-10-5-7-15-12(10)9-11/h3-5,7,9,15H,1-2,6,8H2. The summed E-state index contributed by atoms with van der Waals surface area (Å²) in [6.07, 6.45) is 3.52. The van der Waals surface area contributed by atoms with Gasteiger partial charge < -0.3 is 9.72 Å². The number of halogens is 1. The lowest BCUT2D eigenvalue weighted by molar-refractivity contribution is 0.0500. The Balaban J connectivity index is 1.98. The zero-order valence-corrected chi connectivity index (χ0v) is 10.2. The molecule has 0 fully saturated rings. The Hall–Kier alpha value is -1.48. The van der Waals surface area contributed by atoms with Crippen molar-refractivity contribution in [3.05, 3.63) is 36.0 Å². The van der Waals surface area contributed by atoms with E-state index in [1.807, 2.05) is 18.3 Å². The normalized spacial score (nSPS) is 10.6. The Kier molecular flexibility index (Phi) is 4.04. The zero-order chi connectivity index (χ0) is 12.1. The molecule has 1 heterocycles. The van der Waals surface area contributed by atoms with Crippen molar-refractivity contribution in [1.82, 2.24) is 4.98 Å². The minimum Gasteiger partial charge on any atom is -0.462 e. The fourth-order valence-corrected chi connectivity index (χ4v) is 1.81. The first kappa shape index (κ1) is 12.0. The molecule has 4 heteroatoms. The van der Waals surface area contributed by atoms with Gasteiger partial charge in [-0.1, -0.05) is 6.07 Å². The number of carbonyl (C=O) groups excluding carboxylic acids is 1. The highest BCUT2D eigenvalue weighted by Gasteiger charge is 2.07. The number of hydrogen-bond donors (Lipinski definition) is 1. The number of carbonyl (C=O) groups is 1. The highest BCUT2D eigenvalue weighted by molar-refractivity contribution is 6.17. The van der Waals surface area contributed by atoms with E-state index in [4.69, 9.17) is 16.3 Å². The number of hydrogen-bond acceptors (Lipinski definition) is 2. The van der Waals surface area contributed by atoms with Crippen LogP contribution >= 0.6 is 11.6 Å². The lowest BCUT2D eigenvalue weighted by atomic mass is 10.2. The third-order valence-electron chi connectivity index (χ3n) is 2.55. The van der Waals surface area contributed by atoms with Gasteiger partial charge >= 0.3 is 5.97 Å². The Morgan fingerprint density at radius 2 is 2.18 bits per heavy atom. The van der Waals surface area contributed by atoms with Crippen LogP contribution in [0.15, 0.2) is 30.5 Å². The molecule has 2 aromatic rings. The summed E-state index contributed by atoms with van der Waals surface area (Å²) in [6.45, 7) is 0.425. The van der Waals surface area contributed by atoms with Crippen molar-refractivity contribution < 1.29 is 9.53 Å². The molecule has 0 aliphatic rings. The van der Waals surface area contributed by atoms with Gasteiger partial charge in [0.05, 0.1) is 12.2 Å². The summed E-state index contributed by atoms with van der Waals surface area (Å²) in [5.74, 6) is 0.322. The van der Waals surface area contributed by atoms with Crippen LogP contribution in [0.1, 0.15) is 23.2 Å². The van der Waals surface area contributed by atoms with Crippen LogP contribution in [0.3, 0.4) is 0 Å². The molecular weight excluding hydrogens is 238 g/mol. The van der Waals surface area contributed by atoms with E-state index in [2.05, 4.69) is 4.98 Å². The molecule has 0 atom stereocenters. The molecule has 90 valence electrons. The Morgan fingerprint density at radius 3 is 3.00 bits per heavy atom. The molecule has 1 N–H and O–H groups in total. The number of H-pyrrole nitrogens is 1. The van der Waals surface area contributed by atoms with Gasteiger partial charge in [-0.25, -0.2) is 4.79 Å². The fourth-order valence-electron chi connectivity index (χ4n) is 1.62. The molecule has 0 unspecified atom stereocenters. The van der Waals surface area contributed by atoms with E-state index in [0.29, 0.717) is 18.1 Å². The summed E-state index contributed by atoms with van der Waals surface area (Å²) in [5, 5.41) is 1.09. The van der Waals surface area contributed by atoms with Crippen molar-refractivity contribution in [3.8, 4) is 0 Å². The first-order valence-electron chi connectivity index (χ1n) is 5.61. The number of alkyl halides is 1. The molecule has 2 rings (SSSR count). The summed E-state index contributed by atoms with van der Waals surface area (Å²) >= 11 is 5.54. The number of ether oxygens (including phenoxy) is 1. The molecule has 0 saturated heterocycles. The van der Waals surface area contributed by atoms with E-state index in [-0.39, 0.29) is 5.97 Å². The third kappa shape index (κ3) is 3.01. The number of aromatic amines is 1. The van der Waals surface area contributed by atoms with Gasteiger partial charge in [0.2, 0.25) is 0 Å². The van der Waals surface area contributed by atoms with Crippen LogP contribution in [-0.4, -0.2) is 23.4 Å². The number of rotatable bonds is 5. The molecule has 0 aliphatic carbocycles. The van der Waals surface area contributed by atoms with Crippen LogP contribution in [0, 0.1) is 0 Å². The molecule has 17 heavy (non-hydrogen) atoms. The van der Waals surface area contributed by atoms with Gasteiger partial charge in [0.1, 0.15) is 0 Å². The first-order valence-corrected chi connectivity index (χ1v) is 6.15. The van der Waals surface area contributed by atoms with Crippen molar-refractivity contribution in [2.75, 3.05) is 12.5 Å². The summed E-state index contributed by atoms with van der Waals surface area (Å²) in [5.41, 5.74) is 1.52. The average Bonchev–Trinajstić information content (AvgIpc) is 2.81. The molecule has 0 radical (unpaired) electrons. The summed E-state index contributed by atoms with van der Waals surface area (Å²) in [7, 11) is 0. The predicted molar refractivity (Wildman–Crippen MR) is 68.5 cm³/mol. The van der Waals surface area contributed by atoms with Gasteiger partial charge in [0.15, 0.2) is 0 Å². The van der Waals surface area contributed by atoms with E-state index in [1.165, 1.54) is 0 Å². The maximum absolute atomic E-state index is 11.7. The van der Waals surface area contributed by atoms with Gasteiger partial charge in [0, 0.05) is 17.6 Å². The number of unbranched alkanes of at least 4 members (excludes halogenated alkanes) is 1. The lowest BCUT2D eigenvalue weighted by Gasteiger charge is -2.04. The fraction of sp³-hybridized carbons (Fsp3) is 0.308. The van der Waals surface area contributed by atoms with Gasteiger partial charge in [-0.15, -0.1) is 11.6 Å². The lowest BCUT2D eigenvalue weighted by Crippen LogP contribution is -2.06. The molecule has 0 spiro atoms. The van der Waals surface area contributed by atoms with Crippen molar-refractivity contribution in [2.24, 2.45) is 0 Å². The topological polar surface area (TPSA) is 42.1 Å². The molecule has 3 nitrogen and oxygen atoms in total. The minimum atomic E-state index is -0.281. The van der Waals surface area contributed by atoms with E-state index in [1.54, 1.807) is 12.1 Å². The molecule has 1 aromatic heterocycles. The van der Waals surface area contributed by atoms with Crippen LogP contribution in [0.4, 0.5) is 0 Å². The summed E-state index contributed by atoms with van der Waals surface area (Å²) in [4.78, 5) is 14.8.